The molecule has 0 amide bonds. The van der Waals surface area contributed by atoms with Crippen molar-refractivity contribution in [3.8, 4) is 5.88 Å². The van der Waals surface area contributed by atoms with Crippen LogP contribution in [0.3, 0.4) is 0 Å². The van der Waals surface area contributed by atoms with Gasteiger partial charge in [-0.05, 0) is 31.7 Å². The van der Waals surface area contributed by atoms with E-state index in [1.807, 2.05) is 13.0 Å². The normalized spacial score (nSPS) is 13.7. The second-order valence-corrected chi connectivity index (χ2v) is 4.19. The maximum absolute atomic E-state index is 5.58. The maximum Gasteiger partial charge on any atom is 0.213 e. The molecule has 0 radical (unpaired) electrons. The molecule has 0 fully saturated rings. The van der Waals surface area contributed by atoms with Gasteiger partial charge in [-0.25, -0.2) is 9.61 Å². The molecule has 2 aromatic heterocycles. The third-order valence-corrected chi connectivity index (χ3v) is 3.01. The molecular formula is C12H13N3O2. The molecule has 1 aliphatic carbocycles. The summed E-state index contributed by atoms with van der Waals surface area (Å²) in [7, 11) is 0. The first kappa shape index (κ1) is 10.3. The van der Waals surface area contributed by atoms with E-state index in [2.05, 4.69) is 26.0 Å². The highest BCUT2D eigenvalue weighted by Gasteiger charge is 2.13. The molecule has 0 aliphatic heterocycles. The first-order valence-corrected chi connectivity index (χ1v) is 5.72. The molecule has 1 aliphatic rings. The number of aromatic nitrogens is 3. The quantitative estimate of drug-likeness (QED) is 0.806. The first-order valence-electron chi connectivity index (χ1n) is 5.72. The number of pyridine rings is 1. The number of rotatable bonds is 3. The van der Waals surface area contributed by atoms with Crippen LogP contribution < -0.4 is 4.74 Å². The summed E-state index contributed by atoms with van der Waals surface area (Å²) >= 11 is 0. The zero-order chi connectivity index (χ0) is 11.7. The summed E-state index contributed by atoms with van der Waals surface area (Å²) in [5, 5.41) is 7.46. The van der Waals surface area contributed by atoms with Crippen LogP contribution >= 0.6 is 0 Å². The van der Waals surface area contributed by atoms with Crippen LogP contribution in [0.5, 0.6) is 5.88 Å². The molecule has 0 aromatic carbocycles. The van der Waals surface area contributed by atoms with Gasteiger partial charge in [0.2, 0.25) is 5.88 Å². The van der Waals surface area contributed by atoms with Gasteiger partial charge in [0.1, 0.15) is 18.0 Å². The number of ether oxygens (including phenoxy) is 1. The van der Waals surface area contributed by atoms with E-state index in [1.54, 1.807) is 0 Å². The Morgan fingerprint density at radius 1 is 1.29 bits per heavy atom. The van der Waals surface area contributed by atoms with Crippen molar-refractivity contribution in [2.75, 3.05) is 0 Å². The summed E-state index contributed by atoms with van der Waals surface area (Å²) in [6.07, 6.45) is 3.38. The predicted molar refractivity (Wildman–Crippen MR) is 59.6 cm³/mol. The molecule has 5 nitrogen and oxygen atoms in total. The number of aryl methyl sites for hydroxylation is 3. The number of fused-ring (bicyclic) bond motifs is 1. The van der Waals surface area contributed by atoms with Gasteiger partial charge in [0.25, 0.3) is 0 Å². The minimum absolute atomic E-state index is 0.348. The van der Waals surface area contributed by atoms with Crippen molar-refractivity contribution < 1.29 is 9.37 Å². The maximum atomic E-state index is 5.58. The van der Waals surface area contributed by atoms with Crippen LogP contribution in [0.25, 0.3) is 0 Å². The summed E-state index contributed by atoms with van der Waals surface area (Å²) in [6, 6.07) is 4.01. The van der Waals surface area contributed by atoms with Gasteiger partial charge in [-0.1, -0.05) is 16.4 Å². The molecule has 0 N–H and O–H groups in total. The van der Waals surface area contributed by atoms with E-state index >= 15 is 0 Å². The van der Waals surface area contributed by atoms with Gasteiger partial charge in [-0.15, -0.1) is 0 Å². The van der Waals surface area contributed by atoms with Crippen molar-refractivity contribution >= 4 is 0 Å². The summed E-state index contributed by atoms with van der Waals surface area (Å²) in [5.41, 5.74) is 3.98. The van der Waals surface area contributed by atoms with E-state index < -0.39 is 0 Å². The summed E-state index contributed by atoms with van der Waals surface area (Å²) in [4.78, 5) is 4.48. The standard InChI is InChI=1S/C12H13N3O2/c1-8-11(15-17-14-8)7-16-12-6-5-9-3-2-4-10(9)13-12/h5-6H,2-4,7H2,1H3. The summed E-state index contributed by atoms with van der Waals surface area (Å²) in [5.74, 6) is 0.646. The molecule has 3 rings (SSSR count). The van der Waals surface area contributed by atoms with Crippen LogP contribution in [-0.4, -0.2) is 15.3 Å². The lowest BCUT2D eigenvalue weighted by Crippen LogP contribution is -2.00. The Morgan fingerprint density at radius 2 is 2.24 bits per heavy atom. The Labute approximate surface area is 98.8 Å². The minimum Gasteiger partial charge on any atom is -0.471 e. The third-order valence-electron chi connectivity index (χ3n) is 3.01. The largest absolute Gasteiger partial charge is 0.471 e. The fourth-order valence-electron chi connectivity index (χ4n) is 2.00. The van der Waals surface area contributed by atoms with Crippen molar-refractivity contribution in [1.29, 1.82) is 0 Å². The van der Waals surface area contributed by atoms with Crippen molar-refractivity contribution in [3.05, 3.63) is 34.8 Å². The van der Waals surface area contributed by atoms with Crippen LogP contribution in [-0.2, 0) is 19.4 Å². The van der Waals surface area contributed by atoms with Crippen molar-refractivity contribution in [1.82, 2.24) is 15.3 Å². The molecular weight excluding hydrogens is 218 g/mol. The lowest BCUT2D eigenvalue weighted by Gasteiger charge is -2.05. The number of hydrogen-bond acceptors (Lipinski definition) is 5. The molecule has 88 valence electrons. The van der Waals surface area contributed by atoms with Gasteiger partial charge in [-0.2, -0.15) is 0 Å². The second-order valence-electron chi connectivity index (χ2n) is 4.19. The highest BCUT2D eigenvalue weighted by Crippen LogP contribution is 2.22. The van der Waals surface area contributed by atoms with Crippen LogP contribution in [0.4, 0.5) is 0 Å². The first-order chi connectivity index (χ1) is 8.33. The Bertz CT molecular complexity index is 536. The SMILES string of the molecule is Cc1nonc1COc1ccc2c(n1)CCC2. The van der Waals surface area contributed by atoms with Crippen LogP contribution in [0.15, 0.2) is 16.8 Å². The van der Waals surface area contributed by atoms with E-state index in [-0.39, 0.29) is 0 Å². The molecule has 0 atom stereocenters. The van der Waals surface area contributed by atoms with Crippen LogP contribution in [0.2, 0.25) is 0 Å². The Morgan fingerprint density at radius 3 is 3.06 bits per heavy atom. The van der Waals surface area contributed by atoms with E-state index in [0.717, 1.165) is 24.2 Å². The van der Waals surface area contributed by atoms with Crippen molar-refractivity contribution in [2.24, 2.45) is 0 Å². The monoisotopic (exact) mass is 231 g/mol. The van der Waals surface area contributed by atoms with E-state index in [0.29, 0.717) is 18.2 Å². The lowest BCUT2D eigenvalue weighted by atomic mass is 10.2. The van der Waals surface area contributed by atoms with Gasteiger partial charge >= 0.3 is 0 Å². The molecule has 17 heavy (non-hydrogen) atoms. The molecule has 2 aromatic rings. The number of nitrogens with zero attached hydrogens (tertiary/aromatic N) is 3. The minimum atomic E-state index is 0.348. The zero-order valence-corrected chi connectivity index (χ0v) is 9.64. The van der Waals surface area contributed by atoms with Gasteiger partial charge in [0.15, 0.2) is 0 Å². The Kier molecular flexibility index (Phi) is 2.51. The fraction of sp³-hybridized carbons (Fsp3) is 0.417. The average molecular weight is 231 g/mol. The Balaban J connectivity index is 1.72. The van der Waals surface area contributed by atoms with Crippen molar-refractivity contribution in [2.45, 2.75) is 32.8 Å². The van der Waals surface area contributed by atoms with Crippen LogP contribution in [0.1, 0.15) is 29.1 Å². The van der Waals surface area contributed by atoms with E-state index in [1.165, 1.54) is 12.0 Å². The van der Waals surface area contributed by atoms with E-state index in [4.69, 9.17) is 4.74 Å². The van der Waals surface area contributed by atoms with Gasteiger partial charge in [-0.3, -0.25) is 0 Å². The van der Waals surface area contributed by atoms with Crippen molar-refractivity contribution in [3.63, 3.8) is 0 Å². The molecule has 0 spiro atoms. The molecule has 0 saturated carbocycles. The zero-order valence-electron chi connectivity index (χ0n) is 9.64. The molecule has 5 heteroatoms. The average Bonchev–Trinajstić information content (AvgIpc) is 2.94. The summed E-state index contributed by atoms with van der Waals surface area (Å²) in [6.45, 7) is 2.19. The Hall–Kier alpha value is -1.91. The predicted octanol–water partition coefficient (Wildman–Crippen LogP) is 1.84. The highest BCUT2D eigenvalue weighted by molar-refractivity contribution is 5.29. The molecule has 0 unspecified atom stereocenters. The van der Waals surface area contributed by atoms with Gasteiger partial charge in [0, 0.05) is 11.8 Å². The number of hydrogen-bond donors (Lipinski definition) is 0. The smallest absolute Gasteiger partial charge is 0.213 e. The van der Waals surface area contributed by atoms with Gasteiger partial charge in [0.05, 0.1) is 0 Å². The van der Waals surface area contributed by atoms with Gasteiger partial charge < -0.3 is 4.74 Å². The molecule has 2 heterocycles. The third kappa shape index (κ3) is 2.00. The topological polar surface area (TPSA) is 61.0 Å². The fourth-order valence-corrected chi connectivity index (χ4v) is 2.00. The van der Waals surface area contributed by atoms with Crippen LogP contribution in [0, 0.1) is 6.92 Å². The second kappa shape index (κ2) is 4.16. The lowest BCUT2D eigenvalue weighted by molar-refractivity contribution is 0.263. The summed E-state index contributed by atoms with van der Waals surface area (Å²) < 4.78 is 10.2. The van der Waals surface area contributed by atoms with E-state index in [9.17, 15) is 0 Å². The molecule has 0 saturated heterocycles. The molecule has 0 bridgehead atoms. The highest BCUT2D eigenvalue weighted by atomic mass is 16.6.